The Morgan fingerprint density at radius 1 is 1.13 bits per heavy atom. The van der Waals surface area contributed by atoms with Crippen molar-refractivity contribution in [2.45, 2.75) is 6.04 Å². The first-order valence-electron chi connectivity index (χ1n) is 7.56. The molecule has 23 heavy (non-hydrogen) atoms. The zero-order valence-electron chi connectivity index (χ0n) is 12.6. The molecule has 0 spiro atoms. The van der Waals surface area contributed by atoms with Crippen LogP contribution in [0.5, 0.6) is 0 Å². The van der Waals surface area contributed by atoms with Crippen molar-refractivity contribution in [1.29, 1.82) is 0 Å². The fourth-order valence-corrected chi connectivity index (χ4v) is 2.90. The van der Waals surface area contributed by atoms with Crippen LogP contribution in [0, 0.1) is 5.82 Å². The van der Waals surface area contributed by atoms with E-state index in [4.69, 9.17) is 4.74 Å². The summed E-state index contributed by atoms with van der Waals surface area (Å²) in [6.45, 7) is 2.04. The third kappa shape index (κ3) is 3.41. The van der Waals surface area contributed by atoms with Crippen molar-refractivity contribution < 1.29 is 19.0 Å². The molecule has 4 nitrogen and oxygen atoms in total. The van der Waals surface area contributed by atoms with Gasteiger partial charge >= 0.3 is 5.97 Å². The number of ether oxygens (including phenoxy) is 1. The zero-order valence-corrected chi connectivity index (χ0v) is 12.6. The number of hydrogen-bond donors (Lipinski definition) is 1. The maximum absolute atomic E-state index is 14.5. The minimum atomic E-state index is -0.973. The second-order valence-electron chi connectivity index (χ2n) is 5.49. The Kier molecular flexibility index (Phi) is 4.69. The van der Waals surface area contributed by atoms with Crippen LogP contribution in [0.25, 0.3) is 11.1 Å². The molecule has 0 aromatic heterocycles. The summed E-state index contributed by atoms with van der Waals surface area (Å²) in [5, 5.41) is 9.55. The molecule has 2 aromatic carbocycles. The largest absolute Gasteiger partial charge is 0.480 e. The molecule has 1 fully saturated rings. The minimum Gasteiger partial charge on any atom is -0.480 e. The molecular weight excluding hydrogens is 297 g/mol. The van der Waals surface area contributed by atoms with Gasteiger partial charge in [-0.2, -0.15) is 0 Å². The predicted molar refractivity (Wildman–Crippen MR) is 84.6 cm³/mol. The Morgan fingerprint density at radius 3 is 2.43 bits per heavy atom. The van der Waals surface area contributed by atoms with Gasteiger partial charge in [0.2, 0.25) is 0 Å². The lowest BCUT2D eigenvalue weighted by molar-refractivity contribution is -0.145. The quantitative estimate of drug-likeness (QED) is 0.942. The zero-order chi connectivity index (χ0) is 16.2. The molecular formula is C18H18FNO3. The predicted octanol–water partition coefficient (Wildman–Crippen LogP) is 2.95. The van der Waals surface area contributed by atoms with E-state index in [1.165, 1.54) is 6.07 Å². The van der Waals surface area contributed by atoms with Crippen LogP contribution in [0.4, 0.5) is 4.39 Å². The molecule has 2 aromatic rings. The van der Waals surface area contributed by atoms with Gasteiger partial charge in [-0.05, 0) is 17.2 Å². The molecule has 0 bridgehead atoms. The Balaban J connectivity index is 1.92. The molecule has 1 atom stereocenters. The standard InChI is InChI=1S/C18H18FNO3/c19-16-12-14(6-7-15(16)13-4-2-1-3-5-13)17(18(21)22)20-8-10-23-11-9-20/h1-7,12,17H,8-11H2,(H,21,22). The Labute approximate surface area is 134 Å². The molecule has 1 N–H and O–H groups in total. The molecule has 1 aliphatic rings. The van der Waals surface area contributed by atoms with Crippen molar-refractivity contribution in [3.05, 3.63) is 59.9 Å². The molecule has 5 heteroatoms. The highest BCUT2D eigenvalue weighted by Gasteiger charge is 2.29. The van der Waals surface area contributed by atoms with Crippen molar-refractivity contribution in [1.82, 2.24) is 4.90 Å². The average Bonchev–Trinajstić information content (AvgIpc) is 2.57. The highest BCUT2D eigenvalue weighted by molar-refractivity contribution is 5.76. The summed E-state index contributed by atoms with van der Waals surface area (Å²) >= 11 is 0. The first-order valence-corrected chi connectivity index (χ1v) is 7.56. The molecule has 3 rings (SSSR count). The summed E-state index contributed by atoms with van der Waals surface area (Å²) in [4.78, 5) is 13.5. The molecule has 1 aliphatic heterocycles. The molecule has 1 saturated heterocycles. The van der Waals surface area contributed by atoms with E-state index in [0.29, 0.717) is 37.4 Å². The van der Waals surface area contributed by atoms with E-state index in [1.807, 2.05) is 35.2 Å². The Bertz CT molecular complexity index is 684. The number of carboxylic acids is 1. The molecule has 0 aliphatic carbocycles. The van der Waals surface area contributed by atoms with E-state index in [1.54, 1.807) is 12.1 Å². The van der Waals surface area contributed by atoms with E-state index in [2.05, 4.69) is 0 Å². The summed E-state index contributed by atoms with van der Waals surface area (Å²) < 4.78 is 19.7. The number of halogens is 1. The van der Waals surface area contributed by atoms with Gasteiger partial charge in [0.25, 0.3) is 0 Å². The van der Waals surface area contributed by atoms with E-state index in [-0.39, 0.29) is 0 Å². The van der Waals surface area contributed by atoms with Crippen molar-refractivity contribution in [2.24, 2.45) is 0 Å². The Hall–Kier alpha value is -2.24. The Morgan fingerprint density at radius 2 is 1.83 bits per heavy atom. The highest BCUT2D eigenvalue weighted by Crippen LogP contribution is 2.28. The van der Waals surface area contributed by atoms with Crippen LogP contribution in [-0.4, -0.2) is 42.3 Å². The lowest BCUT2D eigenvalue weighted by Crippen LogP contribution is -2.42. The summed E-state index contributed by atoms with van der Waals surface area (Å²) in [7, 11) is 0. The van der Waals surface area contributed by atoms with Gasteiger partial charge in [-0.1, -0.05) is 42.5 Å². The topological polar surface area (TPSA) is 49.8 Å². The van der Waals surface area contributed by atoms with Crippen LogP contribution in [0.2, 0.25) is 0 Å². The van der Waals surface area contributed by atoms with Crippen LogP contribution in [0.3, 0.4) is 0 Å². The lowest BCUT2D eigenvalue weighted by atomic mass is 9.99. The summed E-state index contributed by atoms with van der Waals surface area (Å²) in [5.41, 5.74) is 1.70. The maximum atomic E-state index is 14.5. The van der Waals surface area contributed by atoms with Gasteiger partial charge in [0.05, 0.1) is 13.2 Å². The van der Waals surface area contributed by atoms with Gasteiger partial charge in [-0.25, -0.2) is 4.39 Å². The number of nitrogens with zero attached hydrogens (tertiary/aromatic N) is 1. The number of hydrogen-bond acceptors (Lipinski definition) is 3. The third-order valence-corrected chi connectivity index (χ3v) is 4.04. The average molecular weight is 315 g/mol. The van der Waals surface area contributed by atoms with Crippen molar-refractivity contribution >= 4 is 5.97 Å². The van der Waals surface area contributed by atoms with Crippen LogP contribution >= 0.6 is 0 Å². The second-order valence-corrected chi connectivity index (χ2v) is 5.49. The van der Waals surface area contributed by atoms with E-state index in [0.717, 1.165) is 5.56 Å². The van der Waals surface area contributed by atoms with Gasteiger partial charge < -0.3 is 9.84 Å². The number of carbonyl (C=O) groups is 1. The number of morpholine rings is 1. The van der Waals surface area contributed by atoms with E-state index >= 15 is 0 Å². The normalized spacial score (nSPS) is 16.9. The number of rotatable bonds is 4. The fraction of sp³-hybridized carbons (Fsp3) is 0.278. The van der Waals surface area contributed by atoms with E-state index < -0.39 is 17.8 Å². The molecule has 120 valence electrons. The monoisotopic (exact) mass is 315 g/mol. The first kappa shape index (κ1) is 15.6. The van der Waals surface area contributed by atoms with Gasteiger partial charge in [0.1, 0.15) is 11.9 Å². The lowest BCUT2D eigenvalue weighted by Gasteiger charge is -2.32. The van der Waals surface area contributed by atoms with Crippen molar-refractivity contribution in [2.75, 3.05) is 26.3 Å². The summed E-state index contributed by atoms with van der Waals surface area (Å²) in [5.74, 6) is -1.38. The van der Waals surface area contributed by atoms with Gasteiger partial charge in [0, 0.05) is 18.7 Å². The van der Waals surface area contributed by atoms with Gasteiger partial charge in [-0.3, -0.25) is 9.69 Å². The van der Waals surface area contributed by atoms with Crippen molar-refractivity contribution in [3.8, 4) is 11.1 Å². The number of benzene rings is 2. The molecule has 0 radical (unpaired) electrons. The SMILES string of the molecule is O=C(O)C(c1ccc(-c2ccccc2)c(F)c1)N1CCOCC1. The number of carboxylic acid groups (broad SMARTS) is 1. The molecule has 1 unspecified atom stereocenters. The first-order chi connectivity index (χ1) is 11.2. The number of aliphatic carboxylic acids is 1. The van der Waals surface area contributed by atoms with Gasteiger partial charge in [-0.15, -0.1) is 0 Å². The smallest absolute Gasteiger partial charge is 0.325 e. The van der Waals surface area contributed by atoms with Crippen LogP contribution < -0.4 is 0 Å². The van der Waals surface area contributed by atoms with Gasteiger partial charge in [0.15, 0.2) is 0 Å². The molecule has 1 heterocycles. The molecule has 0 amide bonds. The van der Waals surface area contributed by atoms with Crippen LogP contribution in [-0.2, 0) is 9.53 Å². The summed E-state index contributed by atoms with van der Waals surface area (Å²) in [6.07, 6.45) is 0. The van der Waals surface area contributed by atoms with E-state index in [9.17, 15) is 14.3 Å². The third-order valence-electron chi connectivity index (χ3n) is 4.04. The maximum Gasteiger partial charge on any atom is 0.325 e. The fourth-order valence-electron chi connectivity index (χ4n) is 2.90. The van der Waals surface area contributed by atoms with Crippen LogP contribution in [0.1, 0.15) is 11.6 Å². The van der Waals surface area contributed by atoms with Crippen LogP contribution in [0.15, 0.2) is 48.5 Å². The highest BCUT2D eigenvalue weighted by atomic mass is 19.1. The molecule has 0 saturated carbocycles. The summed E-state index contributed by atoms with van der Waals surface area (Å²) in [6, 6.07) is 13.0. The minimum absolute atomic E-state index is 0.409. The van der Waals surface area contributed by atoms with Crippen molar-refractivity contribution in [3.63, 3.8) is 0 Å². The second kappa shape index (κ2) is 6.89.